The Bertz CT molecular complexity index is 895. The van der Waals surface area contributed by atoms with Crippen molar-refractivity contribution in [1.82, 2.24) is 0 Å². The number of carboxylic acids is 1. The van der Waals surface area contributed by atoms with Crippen LogP contribution in [0.5, 0.6) is 0 Å². The van der Waals surface area contributed by atoms with Gasteiger partial charge in [-0.25, -0.2) is 9.48 Å². The van der Waals surface area contributed by atoms with Crippen LogP contribution < -0.4 is 10.0 Å². The SMILES string of the molecule is Cc1cc(C)c(N2CC[N+](c3c(C)cc(C)cc3C)=C2C(=O)[O-])c(C)c1. The first-order valence-corrected chi connectivity index (χ1v) is 8.99. The summed E-state index contributed by atoms with van der Waals surface area (Å²) in [6.45, 7) is 13.5. The maximum absolute atomic E-state index is 12.1. The number of carbonyl (C=O) groups is 1. The summed E-state index contributed by atoms with van der Waals surface area (Å²) in [5.74, 6) is -0.906. The summed E-state index contributed by atoms with van der Waals surface area (Å²) in [7, 11) is 0. The second-order valence-electron chi connectivity index (χ2n) is 7.41. The summed E-state index contributed by atoms with van der Waals surface area (Å²) >= 11 is 0. The van der Waals surface area contributed by atoms with Crippen molar-refractivity contribution in [2.24, 2.45) is 0 Å². The van der Waals surface area contributed by atoms with Crippen LogP contribution in [-0.2, 0) is 4.79 Å². The minimum Gasteiger partial charge on any atom is -0.538 e. The van der Waals surface area contributed by atoms with Crippen LogP contribution in [0.25, 0.3) is 0 Å². The lowest BCUT2D eigenvalue weighted by molar-refractivity contribution is -0.433. The monoisotopic (exact) mass is 350 g/mol. The van der Waals surface area contributed by atoms with Crippen LogP contribution in [0.15, 0.2) is 24.3 Å². The highest BCUT2D eigenvalue weighted by atomic mass is 16.4. The van der Waals surface area contributed by atoms with Gasteiger partial charge < -0.3 is 9.90 Å². The quantitative estimate of drug-likeness (QED) is 0.800. The predicted molar refractivity (Wildman–Crippen MR) is 103 cm³/mol. The largest absolute Gasteiger partial charge is 0.538 e. The van der Waals surface area contributed by atoms with Crippen LogP contribution in [0.1, 0.15) is 33.4 Å². The Kier molecular flexibility index (Phi) is 4.61. The van der Waals surface area contributed by atoms with E-state index in [2.05, 4.69) is 38.1 Å². The highest BCUT2D eigenvalue weighted by Gasteiger charge is 2.37. The smallest absolute Gasteiger partial charge is 0.305 e. The molecule has 0 fully saturated rings. The van der Waals surface area contributed by atoms with Gasteiger partial charge in [-0.2, -0.15) is 0 Å². The standard InChI is InChI=1S/C22H26N2O2/c1-13-9-15(3)19(16(4)10-13)23-7-8-24(21(23)22(25)26)20-17(5)11-14(2)12-18(20)6/h9-12H,7-8H2,1-6H3. The number of amidine groups is 1. The molecule has 4 nitrogen and oxygen atoms in total. The Hall–Kier alpha value is -2.62. The average Bonchev–Trinajstić information content (AvgIpc) is 2.89. The van der Waals surface area contributed by atoms with E-state index in [1.54, 1.807) is 0 Å². The molecule has 0 atom stereocenters. The molecule has 0 saturated heterocycles. The van der Waals surface area contributed by atoms with Gasteiger partial charge in [0.25, 0.3) is 0 Å². The number of aliphatic carboxylic acids is 1. The van der Waals surface area contributed by atoms with Gasteiger partial charge in [0.05, 0.1) is 0 Å². The molecule has 0 unspecified atom stereocenters. The van der Waals surface area contributed by atoms with Gasteiger partial charge in [0.1, 0.15) is 24.5 Å². The lowest BCUT2D eigenvalue weighted by Crippen LogP contribution is -2.44. The molecule has 3 rings (SSSR count). The number of nitrogens with zero attached hydrogens (tertiary/aromatic N) is 2. The fraction of sp³-hybridized carbons (Fsp3) is 0.364. The number of anilines is 1. The predicted octanol–water partition coefficient (Wildman–Crippen LogP) is 2.85. The van der Waals surface area contributed by atoms with Crippen LogP contribution in [0.3, 0.4) is 0 Å². The van der Waals surface area contributed by atoms with Crippen LogP contribution >= 0.6 is 0 Å². The zero-order valence-corrected chi connectivity index (χ0v) is 16.4. The van der Waals surface area contributed by atoms with E-state index in [1.807, 2.05) is 37.2 Å². The van der Waals surface area contributed by atoms with Gasteiger partial charge in [0.2, 0.25) is 0 Å². The summed E-state index contributed by atoms with van der Waals surface area (Å²) in [6.07, 6.45) is 0. The molecule has 0 saturated carbocycles. The lowest BCUT2D eigenvalue weighted by Gasteiger charge is -2.19. The molecule has 0 aromatic heterocycles. The Morgan fingerprint density at radius 3 is 1.81 bits per heavy atom. The first-order valence-electron chi connectivity index (χ1n) is 8.99. The van der Waals surface area contributed by atoms with Crippen molar-refractivity contribution in [3.8, 4) is 0 Å². The number of hydrogen-bond donors (Lipinski definition) is 0. The molecule has 0 spiro atoms. The topological polar surface area (TPSA) is 46.4 Å². The van der Waals surface area contributed by atoms with E-state index in [0.717, 1.165) is 33.6 Å². The molecule has 2 aromatic rings. The molecule has 1 aliphatic heterocycles. The second kappa shape index (κ2) is 6.60. The molecular weight excluding hydrogens is 324 g/mol. The van der Waals surface area contributed by atoms with Gasteiger partial charge in [0.15, 0.2) is 5.97 Å². The third-order valence-electron chi connectivity index (χ3n) is 5.05. The fourth-order valence-electron chi connectivity index (χ4n) is 4.41. The van der Waals surface area contributed by atoms with Crippen molar-refractivity contribution >= 4 is 23.2 Å². The van der Waals surface area contributed by atoms with Crippen LogP contribution in [0.4, 0.5) is 11.4 Å². The molecular formula is C22H26N2O2. The maximum Gasteiger partial charge on any atom is 0.305 e. The molecule has 0 amide bonds. The van der Waals surface area contributed by atoms with Gasteiger partial charge >= 0.3 is 5.84 Å². The van der Waals surface area contributed by atoms with Gasteiger partial charge in [-0.3, -0.25) is 0 Å². The summed E-state index contributed by atoms with van der Waals surface area (Å²) in [4.78, 5) is 14.0. The van der Waals surface area contributed by atoms with E-state index in [9.17, 15) is 9.90 Å². The zero-order valence-electron chi connectivity index (χ0n) is 16.4. The summed E-state index contributed by atoms with van der Waals surface area (Å²) < 4.78 is 1.90. The number of aryl methyl sites for hydroxylation is 6. The third-order valence-corrected chi connectivity index (χ3v) is 5.05. The maximum atomic E-state index is 12.1. The Labute approximate surface area is 155 Å². The number of benzene rings is 2. The van der Waals surface area contributed by atoms with E-state index >= 15 is 0 Å². The minimum absolute atomic E-state index is 0.232. The Morgan fingerprint density at radius 2 is 1.35 bits per heavy atom. The van der Waals surface area contributed by atoms with Gasteiger partial charge in [-0.15, -0.1) is 0 Å². The van der Waals surface area contributed by atoms with Crippen molar-refractivity contribution in [3.05, 3.63) is 57.6 Å². The summed E-state index contributed by atoms with van der Waals surface area (Å²) in [5.41, 5.74) is 8.64. The Balaban J connectivity index is 2.23. The fourth-order valence-corrected chi connectivity index (χ4v) is 4.41. The molecule has 136 valence electrons. The van der Waals surface area contributed by atoms with Crippen molar-refractivity contribution in [2.75, 3.05) is 18.0 Å². The van der Waals surface area contributed by atoms with Crippen molar-refractivity contribution in [1.29, 1.82) is 0 Å². The molecule has 0 N–H and O–H groups in total. The van der Waals surface area contributed by atoms with Crippen molar-refractivity contribution in [2.45, 2.75) is 41.5 Å². The lowest BCUT2D eigenvalue weighted by atomic mass is 10.0. The number of carboxylic acid groups (broad SMARTS) is 1. The van der Waals surface area contributed by atoms with Gasteiger partial charge in [-0.05, 0) is 63.8 Å². The van der Waals surface area contributed by atoms with E-state index in [-0.39, 0.29) is 5.84 Å². The van der Waals surface area contributed by atoms with Crippen molar-refractivity contribution in [3.63, 3.8) is 0 Å². The second-order valence-corrected chi connectivity index (χ2v) is 7.41. The van der Waals surface area contributed by atoms with Crippen LogP contribution in [-0.4, -0.2) is 29.5 Å². The molecule has 0 aliphatic carbocycles. The van der Waals surface area contributed by atoms with Gasteiger partial charge in [0, 0.05) is 0 Å². The first kappa shape index (κ1) is 18.2. The summed E-state index contributed by atoms with van der Waals surface area (Å²) in [6, 6.07) is 8.39. The molecule has 1 aliphatic rings. The average molecular weight is 350 g/mol. The highest BCUT2D eigenvalue weighted by molar-refractivity contribution is 6.37. The minimum atomic E-state index is -1.14. The third kappa shape index (κ3) is 3.00. The zero-order chi connectivity index (χ0) is 19.2. The number of rotatable bonds is 3. The number of hydrogen-bond acceptors (Lipinski definition) is 3. The van der Waals surface area contributed by atoms with E-state index in [0.29, 0.717) is 13.1 Å². The molecule has 0 bridgehead atoms. The van der Waals surface area contributed by atoms with Crippen molar-refractivity contribution < 1.29 is 14.5 Å². The highest BCUT2D eigenvalue weighted by Crippen LogP contribution is 2.32. The Morgan fingerprint density at radius 1 is 0.885 bits per heavy atom. The molecule has 0 radical (unpaired) electrons. The molecule has 26 heavy (non-hydrogen) atoms. The van der Waals surface area contributed by atoms with Crippen LogP contribution in [0.2, 0.25) is 0 Å². The molecule has 4 heteroatoms. The summed E-state index contributed by atoms with van der Waals surface area (Å²) in [5, 5.41) is 12.1. The first-order chi connectivity index (χ1) is 12.2. The molecule has 2 aromatic carbocycles. The number of carbonyl (C=O) groups excluding carboxylic acids is 1. The van der Waals surface area contributed by atoms with E-state index in [1.165, 1.54) is 11.1 Å². The normalized spacial score (nSPS) is 14.3. The van der Waals surface area contributed by atoms with E-state index in [4.69, 9.17) is 0 Å². The van der Waals surface area contributed by atoms with Crippen LogP contribution in [0, 0.1) is 41.5 Å². The molecule has 1 heterocycles. The van der Waals surface area contributed by atoms with Gasteiger partial charge in [-0.1, -0.05) is 35.4 Å². The van der Waals surface area contributed by atoms with E-state index < -0.39 is 5.97 Å².